The van der Waals surface area contributed by atoms with Crippen LogP contribution >= 0.6 is 0 Å². The lowest BCUT2D eigenvalue weighted by molar-refractivity contribution is 0.299. The molecule has 2 aromatic rings. The molecule has 5 heteroatoms. The zero-order valence-corrected chi connectivity index (χ0v) is 12.1. The molecule has 0 aliphatic rings. The average Bonchev–Trinajstić information content (AvgIpc) is 2.49. The molecule has 0 fully saturated rings. The van der Waals surface area contributed by atoms with E-state index in [-0.39, 0.29) is 11.4 Å². The molecule has 0 saturated heterocycles. The summed E-state index contributed by atoms with van der Waals surface area (Å²) in [5.41, 5.74) is 5.99. The molecule has 0 heterocycles. The third kappa shape index (κ3) is 3.56. The summed E-state index contributed by atoms with van der Waals surface area (Å²) in [7, 11) is 1.55. The number of nitrogens with two attached hydrogens (primary N) is 1. The van der Waals surface area contributed by atoms with Crippen LogP contribution in [-0.2, 0) is 0 Å². The normalized spacial score (nSPS) is 10.2. The van der Waals surface area contributed by atoms with E-state index in [2.05, 4.69) is 0 Å². The molecule has 2 N–H and O–H groups in total. The second-order valence-electron chi connectivity index (χ2n) is 4.42. The van der Waals surface area contributed by atoms with E-state index in [0.29, 0.717) is 23.9 Å². The van der Waals surface area contributed by atoms with Gasteiger partial charge in [0.05, 0.1) is 19.4 Å². The summed E-state index contributed by atoms with van der Waals surface area (Å²) in [4.78, 5) is 0. The molecule has 21 heavy (non-hydrogen) atoms. The van der Waals surface area contributed by atoms with Crippen LogP contribution in [0.15, 0.2) is 36.4 Å². The molecule has 0 aromatic heterocycles. The highest BCUT2D eigenvalue weighted by Crippen LogP contribution is 2.37. The lowest BCUT2D eigenvalue weighted by atomic mass is 10.2. The van der Waals surface area contributed by atoms with Crippen LogP contribution in [0.25, 0.3) is 0 Å². The lowest BCUT2D eigenvalue weighted by Crippen LogP contribution is -2.00. The van der Waals surface area contributed by atoms with E-state index >= 15 is 0 Å². The van der Waals surface area contributed by atoms with Crippen LogP contribution in [0.2, 0.25) is 0 Å². The van der Waals surface area contributed by atoms with Gasteiger partial charge in [0.25, 0.3) is 0 Å². The summed E-state index contributed by atoms with van der Waals surface area (Å²) in [6, 6.07) is 9.79. The van der Waals surface area contributed by atoms with E-state index in [4.69, 9.17) is 19.9 Å². The van der Waals surface area contributed by atoms with E-state index in [0.717, 1.165) is 6.42 Å². The van der Waals surface area contributed by atoms with Crippen molar-refractivity contribution in [3.63, 3.8) is 0 Å². The highest BCUT2D eigenvalue weighted by atomic mass is 19.1. The first-order valence-electron chi connectivity index (χ1n) is 6.68. The monoisotopic (exact) mass is 291 g/mol. The Morgan fingerprint density at radius 3 is 2.43 bits per heavy atom. The molecule has 0 spiro atoms. The topological polar surface area (TPSA) is 53.7 Å². The molecule has 0 unspecified atom stereocenters. The van der Waals surface area contributed by atoms with Gasteiger partial charge in [0.15, 0.2) is 28.8 Å². The van der Waals surface area contributed by atoms with E-state index in [1.165, 1.54) is 12.1 Å². The summed E-state index contributed by atoms with van der Waals surface area (Å²) in [5.74, 6) is 1.01. The highest BCUT2D eigenvalue weighted by molar-refractivity contribution is 5.58. The highest BCUT2D eigenvalue weighted by Gasteiger charge is 2.12. The third-order valence-corrected chi connectivity index (χ3v) is 2.81. The van der Waals surface area contributed by atoms with Crippen molar-refractivity contribution >= 4 is 5.69 Å². The van der Waals surface area contributed by atoms with Gasteiger partial charge in [-0.05, 0) is 18.6 Å². The van der Waals surface area contributed by atoms with Crippen molar-refractivity contribution < 1.29 is 18.6 Å². The first-order valence-corrected chi connectivity index (χ1v) is 6.68. The second-order valence-corrected chi connectivity index (χ2v) is 4.42. The van der Waals surface area contributed by atoms with E-state index in [1.807, 2.05) is 19.1 Å². The fourth-order valence-corrected chi connectivity index (χ4v) is 1.78. The summed E-state index contributed by atoms with van der Waals surface area (Å²) >= 11 is 0. The number of ether oxygens (including phenoxy) is 3. The predicted molar refractivity (Wildman–Crippen MR) is 79.7 cm³/mol. The lowest BCUT2D eigenvalue weighted by Gasteiger charge is -2.14. The standard InChI is InChI=1S/C16H18FNO3/c1-3-8-20-15-10-16(12(18)9-11(15)17)21-14-7-5-4-6-13(14)19-2/h4-7,9-10H,3,8,18H2,1-2H3. The summed E-state index contributed by atoms with van der Waals surface area (Å²) in [5, 5.41) is 0. The van der Waals surface area contributed by atoms with Crippen LogP contribution in [0.5, 0.6) is 23.0 Å². The Labute approximate surface area is 123 Å². The number of rotatable bonds is 6. The quantitative estimate of drug-likeness (QED) is 0.817. The van der Waals surface area contributed by atoms with Crippen LogP contribution in [0.3, 0.4) is 0 Å². The van der Waals surface area contributed by atoms with Crippen LogP contribution < -0.4 is 19.9 Å². The number of hydrogen-bond acceptors (Lipinski definition) is 4. The molecule has 0 radical (unpaired) electrons. The smallest absolute Gasteiger partial charge is 0.169 e. The van der Waals surface area contributed by atoms with E-state index < -0.39 is 5.82 Å². The number of nitrogen functional groups attached to an aromatic ring is 1. The molecular weight excluding hydrogens is 273 g/mol. The Kier molecular flexibility index (Phi) is 4.87. The molecule has 0 amide bonds. The van der Waals surface area contributed by atoms with Crippen molar-refractivity contribution in [1.82, 2.24) is 0 Å². The number of para-hydroxylation sites is 2. The minimum Gasteiger partial charge on any atom is -0.493 e. The van der Waals surface area contributed by atoms with Crippen LogP contribution in [0, 0.1) is 5.82 Å². The number of methoxy groups -OCH3 is 1. The molecule has 0 atom stereocenters. The Hall–Kier alpha value is -2.43. The van der Waals surface area contributed by atoms with Crippen molar-refractivity contribution in [1.29, 1.82) is 0 Å². The van der Waals surface area contributed by atoms with Gasteiger partial charge in [-0.25, -0.2) is 4.39 Å². The van der Waals surface area contributed by atoms with E-state index in [9.17, 15) is 4.39 Å². The second kappa shape index (κ2) is 6.83. The Bertz CT molecular complexity index is 616. The summed E-state index contributed by atoms with van der Waals surface area (Å²) in [6.07, 6.45) is 0.784. The van der Waals surface area contributed by atoms with Gasteiger partial charge in [-0.3, -0.25) is 0 Å². The van der Waals surface area contributed by atoms with Crippen molar-refractivity contribution in [2.45, 2.75) is 13.3 Å². The van der Waals surface area contributed by atoms with Crippen molar-refractivity contribution in [3.8, 4) is 23.0 Å². The molecule has 112 valence electrons. The maximum atomic E-state index is 13.8. The molecule has 0 aliphatic carbocycles. The molecule has 0 aliphatic heterocycles. The van der Waals surface area contributed by atoms with Gasteiger partial charge in [-0.1, -0.05) is 19.1 Å². The van der Waals surface area contributed by atoms with E-state index in [1.54, 1.807) is 19.2 Å². The minimum atomic E-state index is -0.506. The molecular formula is C16H18FNO3. The average molecular weight is 291 g/mol. The molecule has 0 saturated carbocycles. The van der Waals surface area contributed by atoms with Crippen molar-refractivity contribution in [2.24, 2.45) is 0 Å². The van der Waals surface area contributed by atoms with Gasteiger partial charge < -0.3 is 19.9 Å². The molecule has 2 aromatic carbocycles. The fourth-order valence-electron chi connectivity index (χ4n) is 1.78. The van der Waals surface area contributed by atoms with Crippen molar-refractivity contribution in [2.75, 3.05) is 19.5 Å². The Balaban J connectivity index is 2.30. The summed E-state index contributed by atoms with van der Waals surface area (Å²) in [6.45, 7) is 2.37. The minimum absolute atomic E-state index is 0.121. The largest absolute Gasteiger partial charge is 0.493 e. The number of anilines is 1. The Morgan fingerprint density at radius 1 is 1.05 bits per heavy atom. The zero-order chi connectivity index (χ0) is 15.2. The molecule has 0 bridgehead atoms. The first kappa shape index (κ1) is 15.0. The van der Waals surface area contributed by atoms with Gasteiger partial charge in [0.1, 0.15) is 0 Å². The van der Waals surface area contributed by atoms with Crippen LogP contribution in [-0.4, -0.2) is 13.7 Å². The number of halogens is 1. The molecule has 2 rings (SSSR count). The van der Waals surface area contributed by atoms with Gasteiger partial charge in [-0.2, -0.15) is 0 Å². The predicted octanol–water partition coefficient (Wildman–Crippen LogP) is 4.00. The fraction of sp³-hybridized carbons (Fsp3) is 0.250. The summed E-state index contributed by atoms with van der Waals surface area (Å²) < 4.78 is 30.0. The third-order valence-electron chi connectivity index (χ3n) is 2.81. The number of hydrogen-bond donors (Lipinski definition) is 1. The zero-order valence-electron chi connectivity index (χ0n) is 12.1. The van der Waals surface area contributed by atoms with Gasteiger partial charge in [-0.15, -0.1) is 0 Å². The molecule has 4 nitrogen and oxygen atoms in total. The van der Waals surface area contributed by atoms with Crippen LogP contribution in [0.1, 0.15) is 13.3 Å². The maximum Gasteiger partial charge on any atom is 0.169 e. The first-order chi connectivity index (χ1) is 10.2. The van der Waals surface area contributed by atoms with Gasteiger partial charge in [0.2, 0.25) is 0 Å². The Morgan fingerprint density at radius 2 is 1.76 bits per heavy atom. The van der Waals surface area contributed by atoms with Gasteiger partial charge >= 0.3 is 0 Å². The van der Waals surface area contributed by atoms with Gasteiger partial charge in [0, 0.05) is 12.1 Å². The maximum absolute atomic E-state index is 13.8. The van der Waals surface area contributed by atoms with Crippen molar-refractivity contribution in [3.05, 3.63) is 42.2 Å². The van der Waals surface area contributed by atoms with Crippen LogP contribution in [0.4, 0.5) is 10.1 Å². The SMILES string of the molecule is CCCOc1cc(Oc2ccccc2OC)c(N)cc1F. The number of benzene rings is 2.